The van der Waals surface area contributed by atoms with Crippen molar-refractivity contribution in [2.24, 2.45) is 0 Å². The Morgan fingerprint density at radius 1 is 1.29 bits per heavy atom. The van der Waals surface area contributed by atoms with E-state index in [2.05, 4.69) is 59.9 Å². The summed E-state index contributed by atoms with van der Waals surface area (Å²) in [4.78, 5) is 8.74. The summed E-state index contributed by atoms with van der Waals surface area (Å²) in [6.45, 7) is 0. The fraction of sp³-hybridized carbons (Fsp3) is 0.286. The highest BCUT2D eigenvalue weighted by Crippen LogP contribution is 2.32. The van der Waals surface area contributed by atoms with Crippen molar-refractivity contribution < 1.29 is 9.47 Å². The number of methoxy groups -OCH3 is 2. The molecule has 0 aliphatic carbocycles. The van der Waals surface area contributed by atoms with E-state index in [-0.39, 0.29) is 6.04 Å². The predicted molar refractivity (Wildman–Crippen MR) is 92.9 cm³/mol. The van der Waals surface area contributed by atoms with Gasteiger partial charge in [-0.3, -0.25) is 0 Å². The van der Waals surface area contributed by atoms with Crippen molar-refractivity contribution in [1.82, 2.24) is 15.3 Å². The largest absolute Gasteiger partial charge is 0.480 e. The molecular formula is C14H15BrIN3O2. The van der Waals surface area contributed by atoms with E-state index in [1.54, 1.807) is 20.4 Å². The average Bonchev–Trinajstić information content (AvgIpc) is 2.51. The molecule has 112 valence electrons. The number of aromatic nitrogens is 2. The van der Waals surface area contributed by atoms with Gasteiger partial charge in [0.25, 0.3) is 0 Å². The molecule has 1 aromatic heterocycles. The summed E-state index contributed by atoms with van der Waals surface area (Å²) >= 11 is 5.81. The first-order chi connectivity index (χ1) is 10.1. The topological polar surface area (TPSA) is 56.3 Å². The SMILES string of the molecule is CNC(c1cc(Br)ccc1I)c1ncc(OC)nc1OC. The maximum absolute atomic E-state index is 5.35. The van der Waals surface area contributed by atoms with Gasteiger partial charge < -0.3 is 14.8 Å². The Labute approximate surface area is 145 Å². The highest BCUT2D eigenvalue weighted by molar-refractivity contribution is 14.1. The first-order valence-electron chi connectivity index (χ1n) is 6.17. The summed E-state index contributed by atoms with van der Waals surface area (Å²) in [6.07, 6.45) is 1.59. The summed E-state index contributed by atoms with van der Waals surface area (Å²) in [5, 5.41) is 3.27. The molecule has 21 heavy (non-hydrogen) atoms. The second kappa shape index (κ2) is 7.37. The molecule has 2 aromatic rings. The molecule has 5 nitrogen and oxygen atoms in total. The number of halogens is 2. The molecule has 1 atom stereocenters. The number of ether oxygens (including phenoxy) is 2. The molecule has 1 heterocycles. The molecule has 0 aliphatic heterocycles. The average molecular weight is 464 g/mol. The molecule has 0 amide bonds. The second-order valence-electron chi connectivity index (χ2n) is 4.19. The van der Waals surface area contributed by atoms with Crippen LogP contribution in [0.1, 0.15) is 17.3 Å². The lowest BCUT2D eigenvalue weighted by atomic mass is 10.0. The van der Waals surface area contributed by atoms with Crippen LogP contribution in [0, 0.1) is 3.57 Å². The summed E-state index contributed by atoms with van der Waals surface area (Å²) in [5.74, 6) is 0.874. The number of rotatable bonds is 5. The van der Waals surface area contributed by atoms with Crippen LogP contribution in [-0.2, 0) is 0 Å². The van der Waals surface area contributed by atoms with Crippen LogP contribution in [0.25, 0.3) is 0 Å². The molecule has 1 unspecified atom stereocenters. The van der Waals surface area contributed by atoms with Gasteiger partial charge in [0.1, 0.15) is 5.69 Å². The van der Waals surface area contributed by atoms with Crippen LogP contribution in [0.5, 0.6) is 11.8 Å². The second-order valence-corrected chi connectivity index (χ2v) is 6.27. The Morgan fingerprint density at radius 3 is 2.67 bits per heavy atom. The van der Waals surface area contributed by atoms with E-state index in [1.165, 1.54) is 0 Å². The Balaban J connectivity index is 2.53. The van der Waals surface area contributed by atoms with Gasteiger partial charge in [0.2, 0.25) is 11.8 Å². The van der Waals surface area contributed by atoms with Crippen LogP contribution in [0.15, 0.2) is 28.9 Å². The molecule has 2 rings (SSSR count). The van der Waals surface area contributed by atoms with Gasteiger partial charge in [-0.1, -0.05) is 15.9 Å². The molecule has 7 heteroatoms. The van der Waals surface area contributed by atoms with Crippen LogP contribution in [0.3, 0.4) is 0 Å². The molecule has 0 radical (unpaired) electrons. The maximum atomic E-state index is 5.35. The zero-order chi connectivity index (χ0) is 15.4. The minimum absolute atomic E-state index is 0.122. The number of hydrogen-bond donors (Lipinski definition) is 1. The molecule has 0 fully saturated rings. The lowest BCUT2D eigenvalue weighted by molar-refractivity contribution is 0.353. The Morgan fingerprint density at radius 2 is 2.05 bits per heavy atom. The monoisotopic (exact) mass is 463 g/mol. The third-order valence-electron chi connectivity index (χ3n) is 2.98. The Hall–Kier alpha value is -0.930. The number of hydrogen-bond acceptors (Lipinski definition) is 5. The van der Waals surface area contributed by atoms with E-state index in [9.17, 15) is 0 Å². The van der Waals surface area contributed by atoms with Crippen molar-refractivity contribution in [2.75, 3.05) is 21.3 Å². The Bertz CT molecular complexity index is 640. The standard InChI is InChI=1S/C14H15BrIN3O2/c1-17-12(9-6-8(15)4-5-10(9)16)13-14(21-3)19-11(20-2)7-18-13/h4-7,12,17H,1-3H3. The molecule has 0 bridgehead atoms. The van der Waals surface area contributed by atoms with E-state index in [1.807, 2.05) is 19.2 Å². The zero-order valence-electron chi connectivity index (χ0n) is 11.9. The third kappa shape index (κ3) is 3.64. The summed E-state index contributed by atoms with van der Waals surface area (Å²) < 4.78 is 12.6. The van der Waals surface area contributed by atoms with E-state index in [4.69, 9.17) is 9.47 Å². The highest BCUT2D eigenvalue weighted by Gasteiger charge is 2.22. The molecule has 0 saturated carbocycles. The van der Waals surface area contributed by atoms with Gasteiger partial charge in [-0.05, 0) is 53.4 Å². The number of nitrogens with one attached hydrogen (secondary N) is 1. The van der Waals surface area contributed by atoms with E-state index < -0.39 is 0 Å². The van der Waals surface area contributed by atoms with Crippen LogP contribution in [0.2, 0.25) is 0 Å². The lowest BCUT2D eigenvalue weighted by Crippen LogP contribution is -2.21. The van der Waals surface area contributed by atoms with Crippen molar-refractivity contribution >= 4 is 38.5 Å². The first kappa shape index (κ1) is 16.4. The van der Waals surface area contributed by atoms with E-state index in [0.29, 0.717) is 11.8 Å². The van der Waals surface area contributed by atoms with Gasteiger partial charge >= 0.3 is 0 Å². The van der Waals surface area contributed by atoms with Gasteiger partial charge in [-0.25, -0.2) is 4.98 Å². The predicted octanol–water partition coefficient (Wildman–Crippen LogP) is 3.17. The molecule has 0 aliphatic rings. The minimum Gasteiger partial charge on any atom is -0.480 e. The summed E-state index contributed by atoms with van der Waals surface area (Å²) in [6, 6.07) is 6.00. The smallest absolute Gasteiger partial charge is 0.240 e. The number of nitrogens with zero attached hydrogens (tertiary/aromatic N) is 2. The zero-order valence-corrected chi connectivity index (χ0v) is 15.6. The van der Waals surface area contributed by atoms with Crippen molar-refractivity contribution in [1.29, 1.82) is 0 Å². The molecule has 0 spiro atoms. The molecule has 1 N–H and O–H groups in total. The van der Waals surface area contributed by atoms with Crippen molar-refractivity contribution in [2.45, 2.75) is 6.04 Å². The van der Waals surface area contributed by atoms with Crippen LogP contribution >= 0.6 is 38.5 Å². The fourth-order valence-corrected chi connectivity index (χ4v) is 3.01. The van der Waals surface area contributed by atoms with Crippen molar-refractivity contribution in [3.63, 3.8) is 0 Å². The fourth-order valence-electron chi connectivity index (χ4n) is 1.99. The highest BCUT2D eigenvalue weighted by atomic mass is 127. The summed E-state index contributed by atoms with van der Waals surface area (Å²) in [7, 11) is 5.01. The van der Waals surface area contributed by atoms with Crippen LogP contribution in [0.4, 0.5) is 0 Å². The summed E-state index contributed by atoms with van der Waals surface area (Å²) in [5.41, 5.74) is 1.82. The van der Waals surface area contributed by atoms with Gasteiger partial charge in [0.15, 0.2) is 0 Å². The van der Waals surface area contributed by atoms with Crippen LogP contribution in [-0.4, -0.2) is 31.2 Å². The van der Waals surface area contributed by atoms with Gasteiger partial charge in [-0.2, -0.15) is 4.98 Å². The number of benzene rings is 1. The molecular weight excluding hydrogens is 449 g/mol. The molecule has 0 saturated heterocycles. The van der Waals surface area contributed by atoms with E-state index >= 15 is 0 Å². The van der Waals surface area contributed by atoms with Gasteiger partial charge in [-0.15, -0.1) is 0 Å². The maximum Gasteiger partial charge on any atom is 0.240 e. The quantitative estimate of drug-likeness (QED) is 0.690. The lowest BCUT2D eigenvalue weighted by Gasteiger charge is -2.20. The molecule has 1 aromatic carbocycles. The van der Waals surface area contributed by atoms with Gasteiger partial charge in [0.05, 0.1) is 26.5 Å². The third-order valence-corrected chi connectivity index (χ3v) is 4.45. The van der Waals surface area contributed by atoms with Gasteiger partial charge in [0, 0.05) is 8.04 Å². The minimum atomic E-state index is -0.122. The van der Waals surface area contributed by atoms with Crippen molar-refractivity contribution in [3.8, 4) is 11.8 Å². The van der Waals surface area contributed by atoms with Crippen LogP contribution < -0.4 is 14.8 Å². The van der Waals surface area contributed by atoms with Crippen molar-refractivity contribution in [3.05, 3.63) is 43.7 Å². The first-order valence-corrected chi connectivity index (χ1v) is 8.05. The van der Waals surface area contributed by atoms with E-state index in [0.717, 1.165) is 19.3 Å². The normalized spacial score (nSPS) is 12.0. The Kier molecular flexibility index (Phi) is 5.77.